The average molecular weight is 438 g/mol. The summed E-state index contributed by atoms with van der Waals surface area (Å²) in [6.07, 6.45) is 0.346. The van der Waals surface area contributed by atoms with Crippen LogP contribution in [0.25, 0.3) is 0 Å². The van der Waals surface area contributed by atoms with E-state index >= 15 is 0 Å². The SMILES string of the molecule is CC(=O)[C@@H](N)C(=O)N[C@@H](C(=O)N1CC[C@](O)(c2ccc(Cl)cc2)C(C)(C)C1)C(C)C. The summed E-state index contributed by atoms with van der Waals surface area (Å²) in [5.41, 5.74) is 4.60. The van der Waals surface area contributed by atoms with Crippen LogP contribution in [0.3, 0.4) is 0 Å². The Hall–Kier alpha value is -1.96. The molecule has 30 heavy (non-hydrogen) atoms. The lowest BCUT2D eigenvalue weighted by Gasteiger charge is -2.51. The molecule has 2 rings (SSSR count). The number of likely N-dealkylation sites (tertiary alicyclic amines) is 1. The van der Waals surface area contributed by atoms with Crippen LogP contribution in [0.2, 0.25) is 5.02 Å². The van der Waals surface area contributed by atoms with Crippen LogP contribution < -0.4 is 11.1 Å². The fourth-order valence-electron chi connectivity index (χ4n) is 3.91. The van der Waals surface area contributed by atoms with E-state index in [9.17, 15) is 19.5 Å². The number of nitrogens with one attached hydrogen (secondary N) is 1. The fraction of sp³-hybridized carbons (Fsp3) is 0.591. The van der Waals surface area contributed by atoms with Gasteiger partial charge in [0.15, 0.2) is 5.78 Å². The van der Waals surface area contributed by atoms with E-state index in [1.807, 2.05) is 39.8 Å². The second kappa shape index (κ2) is 9.04. The molecule has 8 heteroatoms. The predicted octanol–water partition coefficient (Wildman–Crippen LogP) is 1.84. The maximum atomic E-state index is 13.2. The Kier molecular flexibility index (Phi) is 7.32. The molecular weight excluding hydrogens is 406 g/mol. The normalized spacial score (nSPS) is 23.0. The van der Waals surface area contributed by atoms with Crippen LogP contribution >= 0.6 is 11.6 Å². The molecular formula is C22H32ClN3O4. The van der Waals surface area contributed by atoms with Crippen LogP contribution in [0.4, 0.5) is 0 Å². The van der Waals surface area contributed by atoms with Crippen molar-refractivity contribution >= 4 is 29.2 Å². The van der Waals surface area contributed by atoms with E-state index in [2.05, 4.69) is 5.32 Å². The summed E-state index contributed by atoms with van der Waals surface area (Å²) in [4.78, 5) is 38.5. The number of nitrogens with zero attached hydrogens (tertiary/aromatic N) is 1. The van der Waals surface area contributed by atoms with Crippen LogP contribution in [-0.2, 0) is 20.0 Å². The average Bonchev–Trinajstić information content (AvgIpc) is 2.66. The first-order chi connectivity index (χ1) is 13.8. The smallest absolute Gasteiger partial charge is 0.245 e. The zero-order valence-electron chi connectivity index (χ0n) is 18.2. The van der Waals surface area contributed by atoms with Crippen molar-refractivity contribution < 1.29 is 19.5 Å². The van der Waals surface area contributed by atoms with Crippen molar-refractivity contribution in [2.24, 2.45) is 17.1 Å². The van der Waals surface area contributed by atoms with Crippen molar-refractivity contribution in [3.8, 4) is 0 Å². The molecule has 1 aromatic carbocycles. The van der Waals surface area contributed by atoms with Crippen LogP contribution in [0.15, 0.2) is 24.3 Å². The first-order valence-electron chi connectivity index (χ1n) is 10.1. The molecule has 1 heterocycles. The number of Topliss-reactive ketones (excluding diaryl/α,β-unsaturated/α-hetero) is 1. The van der Waals surface area contributed by atoms with Gasteiger partial charge in [-0.3, -0.25) is 14.4 Å². The third-order valence-electron chi connectivity index (χ3n) is 6.03. The van der Waals surface area contributed by atoms with Gasteiger partial charge in [0.2, 0.25) is 11.8 Å². The number of aliphatic hydroxyl groups is 1. The molecule has 0 radical (unpaired) electrons. The maximum absolute atomic E-state index is 13.2. The monoisotopic (exact) mass is 437 g/mol. The zero-order valence-corrected chi connectivity index (χ0v) is 19.0. The van der Waals surface area contributed by atoms with E-state index in [0.717, 1.165) is 5.56 Å². The highest BCUT2D eigenvalue weighted by atomic mass is 35.5. The number of hydrogen-bond donors (Lipinski definition) is 3. The van der Waals surface area contributed by atoms with Gasteiger partial charge in [0.25, 0.3) is 0 Å². The molecule has 0 bridgehead atoms. The molecule has 0 unspecified atom stereocenters. The topological polar surface area (TPSA) is 113 Å². The van der Waals surface area contributed by atoms with Gasteiger partial charge in [-0.25, -0.2) is 0 Å². The Morgan fingerprint density at radius 1 is 1.20 bits per heavy atom. The van der Waals surface area contributed by atoms with Gasteiger partial charge in [-0.1, -0.05) is 51.4 Å². The number of nitrogens with two attached hydrogens (primary N) is 1. The Balaban J connectivity index is 2.20. The predicted molar refractivity (Wildman–Crippen MR) is 116 cm³/mol. The summed E-state index contributed by atoms with van der Waals surface area (Å²) >= 11 is 5.98. The molecule has 1 aromatic rings. The Morgan fingerprint density at radius 3 is 2.23 bits per heavy atom. The molecule has 0 aromatic heterocycles. The van der Waals surface area contributed by atoms with Crippen molar-refractivity contribution in [1.29, 1.82) is 0 Å². The van der Waals surface area contributed by atoms with Gasteiger partial charge in [0.1, 0.15) is 12.1 Å². The van der Waals surface area contributed by atoms with Gasteiger partial charge in [0.05, 0.1) is 5.60 Å². The molecule has 0 aliphatic carbocycles. The number of halogens is 1. The summed E-state index contributed by atoms with van der Waals surface area (Å²) in [5.74, 6) is -1.57. The highest BCUT2D eigenvalue weighted by molar-refractivity contribution is 6.30. The third kappa shape index (κ3) is 4.85. The second-order valence-electron chi connectivity index (χ2n) is 9.08. The van der Waals surface area contributed by atoms with Crippen molar-refractivity contribution in [1.82, 2.24) is 10.2 Å². The van der Waals surface area contributed by atoms with Crippen LogP contribution in [0.1, 0.15) is 46.6 Å². The molecule has 166 valence electrons. The minimum Gasteiger partial charge on any atom is -0.384 e. The number of rotatable bonds is 6. The standard InChI is InChI=1S/C22H32ClN3O4/c1-13(2)18(25-19(28)17(24)14(3)27)20(29)26-11-10-22(30,21(4,5)12-26)15-6-8-16(23)9-7-15/h6-9,13,17-18,30H,10-12,24H2,1-5H3,(H,25,28)/t17-,18-,22+/m1/s1. The van der Waals surface area contributed by atoms with E-state index in [-0.39, 0.29) is 11.8 Å². The van der Waals surface area contributed by atoms with E-state index in [1.54, 1.807) is 17.0 Å². The van der Waals surface area contributed by atoms with E-state index < -0.39 is 34.8 Å². The van der Waals surface area contributed by atoms with E-state index in [1.165, 1.54) is 6.92 Å². The number of ketones is 1. The summed E-state index contributed by atoms with van der Waals surface area (Å²) < 4.78 is 0. The summed E-state index contributed by atoms with van der Waals surface area (Å²) in [5, 5.41) is 14.7. The van der Waals surface area contributed by atoms with Gasteiger partial charge in [-0.2, -0.15) is 0 Å². The number of piperidine rings is 1. The molecule has 1 aliphatic heterocycles. The molecule has 3 atom stereocenters. The molecule has 0 saturated carbocycles. The molecule has 7 nitrogen and oxygen atoms in total. The molecule has 1 saturated heterocycles. The minimum atomic E-state index is -1.30. The Bertz CT molecular complexity index is 809. The van der Waals surface area contributed by atoms with Gasteiger partial charge in [-0.05, 0) is 37.0 Å². The quantitative estimate of drug-likeness (QED) is 0.588. The highest BCUT2D eigenvalue weighted by Gasteiger charge is 2.50. The van der Waals surface area contributed by atoms with E-state index in [4.69, 9.17) is 17.3 Å². The minimum absolute atomic E-state index is 0.194. The van der Waals surface area contributed by atoms with E-state index in [0.29, 0.717) is 24.5 Å². The van der Waals surface area contributed by atoms with Gasteiger partial charge < -0.3 is 21.1 Å². The highest BCUT2D eigenvalue weighted by Crippen LogP contribution is 2.46. The number of benzene rings is 1. The lowest BCUT2D eigenvalue weighted by Crippen LogP contribution is -2.61. The lowest BCUT2D eigenvalue weighted by atomic mass is 9.66. The summed E-state index contributed by atoms with van der Waals surface area (Å²) in [6, 6.07) is 4.99. The lowest BCUT2D eigenvalue weighted by molar-refractivity contribution is -0.157. The summed E-state index contributed by atoms with van der Waals surface area (Å²) in [7, 11) is 0. The van der Waals surface area contributed by atoms with Gasteiger partial charge in [0, 0.05) is 23.5 Å². The maximum Gasteiger partial charge on any atom is 0.245 e. The van der Waals surface area contributed by atoms with Gasteiger partial charge >= 0.3 is 0 Å². The summed E-state index contributed by atoms with van der Waals surface area (Å²) in [6.45, 7) is 9.34. The van der Waals surface area contributed by atoms with Gasteiger partial charge in [-0.15, -0.1) is 0 Å². The molecule has 1 fully saturated rings. The van der Waals surface area contributed by atoms with Crippen molar-refractivity contribution in [2.75, 3.05) is 13.1 Å². The second-order valence-corrected chi connectivity index (χ2v) is 9.52. The first-order valence-corrected chi connectivity index (χ1v) is 10.5. The zero-order chi connectivity index (χ0) is 22.9. The molecule has 4 N–H and O–H groups in total. The number of carbonyl (C=O) groups excluding carboxylic acids is 3. The number of amides is 2. The third-order valence-corrected chi connectivity index (χ3v) is 6.29. The number of hydrogen-bond acceptors (Lipinski definition) is 5. The van der Waals surface area contributed by atoms with Crippen LogP contribution in [0.5, 0.6) is 0 Å². The molecule has 1 aliphatic rings. The van der Waals surface area contributed by atoms with Crippen LogP contribution in [0, 0.1) is 11.3 Å². The van der Waals surface area contributed by atoms with Crippen LogP contribution in [-0.4, -0.2) is 52.8 Å². The fourth-order valence-corrected chi connectivity index (χ4v) is 4.03. The Morgan fingerprint density at radius 2 is 1.77 bits per heavy atom. The number of carbonyl (C=O) groups is 3. The largest absolute Gasteiger partial charge is 0.384 e. The van der Waals surface area contributed by atoms with Crippen molar-refractivity contribution in [2.45, 2.75) is 58.7 Å². The first kappa shape index (κ1) is 24.3. The van der Waals surface area contributed by atoms with Crippen molar-refractivity contribution in [3.63, 3.8) is 0 Å². The molecule has 2 amide bonds. The Labute approximate surface area is 182 Å². The van der Waals surface area contributed by atoms with Crippen molar-refractivity contribution in [3.05, 3.63) is 34.9 Å². The molecule has 0 spiro atoms.